The molecule has 1 aliphatic rings. The number of carbonyl (C=O) groups is 1. The standard InChI is InChI=1S/C12H15IN2O/c1-15(12(16)14-11-6-7-11)8-9-2-4-10(13)5-3-9/h2-5,11H,6-8H2,1H3,(H,14,16). The average molecular weight is 330 g/mol. The Morgan fingerprint density at radius 2 is 2.06 bits per heavy atom. The molecule has 0 radical (unpaired) electrons. The van der Waals surface area contributed by atoms with E-state index in [1.165, 1.54) is 3.57 Å². The van der Waals surface area contributed by atoms with E-state index in [9.17, 15) is 4.79 Å². The zero-order valence-electron chi connectivity index (χ0n) is 9.24. The molecule has 2 amide bonds. The smallest absolute Gasteiger partial charge is 0.317 e. The third-order valence-electron chi connectivity index (χ3n) is 2.58. The summed E-state index contributed by atoms with van der Waals surface area (Å²) in [6, 6.07) is 8.68. The van der Waals surface area contributed by atoms with Gasteiger partial charge in [0, 0.05) is 23.2 Å². The van der Waals surface area contributed by atoms with Crippen LogP contribution in [0.15, 0.2) is 24.3 Å². The Bertz CT molecular complexity index is 373. The fourth-order valence-electron chi connectivity index (χ4n) is 1.45. The Morgan fingerprint density at radius 3 is 2.62 bits per heavy atom. The molecule has 86 valence electrons. The van der Waals surface area contributed by atoms with Crippen LogP contribution >= 0.6 is 22.6 Å². The van der Waals surface area contributed by atoms with Crippen LogP contribution in [0.4, 0.5) is 4.79 Å². The minimum atomic E-state index is 0.0288. The lowest BCUT2D eigenvalue weighted by atomic mass is 10.2. The summed E-state index contributed by atoms with van der Waals surface area (Å²) >= 11 is 2.27. The van der Waals surface area contributed by atoms with Gasteiger partial charge in [0.25, 0.3) is 0 Å². The lowest BCUT2D eigenvalue weighted by Crippen LogP contribution is -2.37. The van der Waals surface area contributed by atoms with E-state index in [2.05, 4.69) is 52.2 Å². The van der Waals surface area contributed by atoms with Crippen LogP contribution in [-0.4, -0.2) is 24.0 Å². The van der Waals surface area contributed by atoms with Crippen LogP contribution in [0.5, 0.6) is 0 Å². The first-order valence-corrected chi connectivity index (χ1v) is 6.49. The zero-order chi connectivity index (χ0) is 11.5. The number of nitrogens with zero attached hydrogens (tertiary/aromatic N) is 1. The summed E-state index contributed by atoms with van der Waals surface area (Å²) in [6.45, 7) is 0.662. The van der Waals surface area contributed by atoms with Gasteiger partial charge in [0.05, 0.1) is 0 Å². The van der Waals surface area contributed by atoms with Gasteiger partial charge in [-0.1, -0.05) is 12.1 Å². The van der Waals surface area contributed by atoms with E-state index in [1.54, 1.807) is 4.90 Å². The summed E-state index contributed by atoms with van der Waals surface area (Å²) in [6.07, 6.45) is 2.26. The van der Waals surface area contributed by atoms with Crippen molar-refractivity contribution in [3.63, 3.8) is 0 Å². The highest BCUT2D eigenvalue weighted by Crippen LogP contribution is 2.19. The lowest BCUT2D eigenvalue weighted by molar-refractivity contribution is 0.206. The monoisotopic (exact) mass is 330 g/mol. The molecule has 1 fully saturated rings. The first kappa shape index (κ1) is 11.7. The predicted octanol–water partition coefficient (Wildman–Crippen LogP) is 2.60. The quantitative estimate of drug-likeness (QED) is 0.849. The van der Waals surface area contributed by atoms with E-state index in [-0.39, 0.29) is 6.03 Å². The second-order valence-electron chi connectivity index (χ2n) is 4.21. The molecule has 0 atom stereocenters. The molecule has 1 aliphatic carbocycles. The van der Waals surface area contributed by atoms with Gasteiger partial charge in [-0.15, -0.1) is 0 Å². The average Bonchev–Trinajstić information content (AvgIpc) is 3.05. The van der Waals surface area contributed by atoms with Crippen molar-refractivity contribution in [3.8, 4) is 0 Å². The van der Waals surface area contributed by atoms with Gasteiger partial charge >= 0.3 is 6.03 Å². The molecule has 0 bridgehead atoms. The van der Waals surface area contributed by atoms with E-state index in [1.807, 2.05) is 7.05 Å². The Labute approximate surface area is 109 Å². The number of urea groups is 1. The van der Waals surface area contributed by atoms with Crippen molar-refractivity contribution in [1.82, 2.24) is 10.2 Å². The number of hydrogen-bond donors (Lipinski definition) is 1. The molecule has 0 spiro atoms. The highest BCUT2D eigenvalue weighted by atomic mass is 127. The lowest BCUT2D eigenvalue weighted by Gasteiger charge is -2.17. The number of hydrogen-bond acceptors (Lipinski definition) is 1. The van der Waals surface area contributed by atoms with E-state index >= 15 is 0 Å². The van der Waals surface area contributed by atoms with Crippen molar-refractivity contribution in [1.29, 1.82) is 0 Å². The van der Waals surface area contributed by atoms with Gasteiger partial charge in [-0.3, -0.25) is 0 Å². The third kappa shape index (κ3) is 3.37. The number of halogens is 1. The SMILES string of the molecule is CN(Cc1ccc(I)cc1)C(=O)NC1CC1. The Morgan fingerprint density at radius 1 is 1.44 bits per heavy atom. The number of amides is 2. The van der Waals surface area contributed by atoms with Crippen LogP contribution in [0.3, 0.4) is 0 Å². The minimum Gasteiger partial charge on any atom is -0.335 e. The molecule has 0 unspecified atom stereocenters. The van der Waals surface area contributed by atoms with Crippen LogP contribution in [0.1, 0.15) is 18.4 Å². The summed E-state index contributed by atoms with van der Waals surface area (Å²) in [4.78, 5) is 13.4. The Balaban J connectivity index is 1.87. The maximum absolute atomic E-state index is 11.7. The Hall–Kier alpha value is -0.780. The highest BCUT2D eigenvalue weighted by molar-refractivity contribution is 14.1. The maximum atomic E-state index is 11.7. The van der Waals surface area contributed by atoms with Gasteiger partial charge in [0.1, 0.15) is 0 Å². The van der Waals surface area contributed by atoms with Gasteiger partial charge < -0.3 is 10.2 Å². The van der Waals surface area contributed by atoms with Gasteiger partial charge in [-0.2, -0.15) is 0 Å². The molecule has 0 aliphatic heterocycles. The van der Waals surface area contributed by atoms with Crippen LogP contribution < -0.4 is 5.32 Å². The number of rotatable bonds is 3. The molecule has 3 nitrogen and oxygen atoms in total. The van der Waals surface area contributed by atoms with E-state index in [4.69, 9.17) is 0 Å². The van der Waals surface area contributed by atoms with Crippen molar-refractivity contribution in [2.45, 2.75) is 25.4 Å². The molecule has 0 saturated heterocycles. The van der Waals surface area contributed by atoms with Gasteiger partial charge in [-0.05, 0) is 53.1 Å². The van der Waals surface area contributed by atoms with Crippen LogP contribution in [-0.2, 0) is 6.54 Å². The van der Waals surface area contributed by atoms with Gasteiger partial charge in [0.15, 0.2) is 0 Å². The van der Waals surface area contributed by atoms with Crippen LogP contribution in [0.25, 0.3) is 0 Å². The highest BCUT2D eigenvalue weighted by Gasteiger charge is 2.24. The topological polar surface area (TPSA) is 32.3 Å². The molecule has 2 rings (SSSR count). The predicted molar refractivity (Wildman–Crippen MR) is 72.2 cm³/mol. The summed E-state index contributed by atoms with van der Waals surface area (Å²) < 4.78 is 1.21. The molecule has 1 N–H and O–H groups in total. The summed E-state index contributed by atoms with van der Waals surface area (Å²) in [5.74, 6) is 0. The van der Waals surface area contributed by atoms with Crippen molar-refractivity contribution >= 4 is 28.6 Å². The second-order valence-corrected chi connectivity index (χ2v) is 5.45. The number of benzene rings is 1. The van der Waals surface area contributed by atoms with E-state index in [0.29, 0.717) is 12.6 Å². The molecular weight excluding hydrogens is 315 g/mol. The van der Waals surface area contributed by atoms with Crippen molar-refractivity contribution in [3.05, 3.63) is 33.4 Å². The molecular formula is C12H15IN2O. The van der Waals surface area contributed by atoms with E-state index in [0.717, 1.165) is 18.4 Å². The minimum absolute atomic E-state index is 0.0288. The number of nitrogens with one attached hydrogen (secondary N) is 1. The summed E-state index contributed by atoms with van der Waals surface area (Å²) in [5, 5.41) is 2.97. The fraction of sp³-hybridized carbons (Fsp3) is 0.417. The summed E-state index contributed by atoms with van der Waals surface area (Å²) in [5.41, 5.74) is 1.16. The van der Waals surface area contributed by atoms with Crippen molar-refractivity contribution in [2.24, 2.45) is 0 Å². The van der Waals surface area contributed by atoms with Gasteiger partial charge in [-0.25, -0.2) is 4.79 Å². The zero-order valence-corrected chi connectivity index (χ0v) is 11.4. The van der Waals surface area contributed by atoms with Crippen LogP contribution in [0.2, 0.25) is 0 Å². The first-order chi connectivity index (χ1) is 7.65. The molecule has 0 aromatic heterocycles. The first-order valence-electron chi connectivity index (χ1n) is 5.41. The van der Waals surface area contributed by atoms with E-state index < -0.39 is 0 Å². The number of carbonyl (C=O) groups excluding carboxylic acids is 1. The normalized spacial score (nSPS) is 14.6. The molecule has 1 saturated carbocycles. The third-order valence-corrected chi connectivity index (χ3v) is 3.30. The summed E-state index contributed by atoms with van der Waals surface area (Å²) in [7, 11) is 1.83. The second kappa shape index (κ2) is 5.03. The van der Waals surface area contributed by atoms with Crippen molar-refractivity contribution < 1.29 is 4.79 Å². The Kier molecular flexibility index (Phi) is 3.68. The molecule has 1 aromatic rings. The van der Waals surface area contributed by atoms with Crippen LogP contribution in [0, 0.1) is 3.57 Å². The molecule has 1 aromatic carbocycles. The largest absolute Gasteiger partial charge is 0.335 e. The van der Waals surface area contributed by atoms with Gasteiger partial charge in [0.2, 0.25) is 0 Å². The fourth-order valence-corrected chi connectivity index (χ4v) is 1.81. The maximum Gasteiger partial charge on any atom is 0.317 e. The van der Waals surface area contributed by atoms with Crippen molar-refractivity contribution in [2.75, 3.05) is 7.05 Å². The molecule has 4 heteroatoms. The molecule has 16 heavy (non-hydrogen) atoms. The molecule has 0 heterocycles.